The molecular weight excluding hydrogens is 214 g/mol. The first-order valence-corrected chi connectivity index (χ1v) is 6.84. The Morgan fingerprint density at radius 2 is 2.35 bits per heavy atom. The molecule has 17 heavy (non-hydrogen) atoms. The summed E-state index contributed by atoms with van der Waals surface area (Å²) in [5.74, 6) is 0.923. The summed E-state index contributed by atoms with van der Waals surface area (Å²) in [4.78, 5) is 14.0. The van der Waals surface area contributed by atoms with E-state index in [-0.39, 0.29) is 5.91 Å². The largest absolute Gasteiger partial charge is 0.355 e. The monoisotopic (exact) mass is 241 g/mol. The second-order valence-electron chi connectivity index (χ2n) is 5.29. The highest BCUT2D eigenvalue weighted by atomic mass is 16.1. The molecule has 1 aliphatic heterocycles. The van der Waals surface area contributed by atoms with Crippen molar-refractivity contribution < 1.29 is 4.79 Å². The fourth-order valence-corrected chi connectivity index (χ4v) is 2.37. The van der Waals surface area contributed by atoms with Gasteiger partial charge in [0.15, 0.2) is 0 Å². The minimum Gasteiger partial charge on any atom is -0.355 e. The number of carbonyl (C=O) groups is 1. The average molecular weight is 241 g/mol. The summed E-state index contributed by atoms with van der Waals surface area (Å²) < 4.78 is 0. The molecule has 0 spiro atoms. The van der Waals surface area contributed by atoms with E-state index >= 15 is 0 Å². The van der Waals surface area contributed by atoms with Crippen LogP contribution >= 0.6 is 0 Å². The lowest BCUT2D eigenvalue weighted by atomic mass is 9.99. The first-order valence-electron chi connectivity index (χ1n) is 6.84. The fraction of sp³-hybridized carbons (Fsp3) is 0.923. The number of likely N-dealkylation sites (tertiary alicyclic amines) is 1. The van der Waals surface area contributed by atoms with Crippen molar-refractivity contribution in [2.75, 3.05) is 26.2 Å². The molecule has 4 heteroatoms. The molecule has 100 valence electrons. The maximum absolute atomic E-state index is 11.5. The smallest absolute Gasteiger partial charge is 0.220 e. The molecule has 0 aliphatic carbocycles. The predicted octanol–water partition coefficient (Wildman–Crippen LogP) is 0.962. The third-order valence-electron chi connectivity index (χ3n) is 3.51. The van der Waals surface area contributed by atoms with Gasteiger partial charge in [-0.3, -0.25) is 9.69 Å². The maximum Gasteiger partial charge on any atom is 0.220 e. The van der Waals surface area contributed by atoms with Gasteiger partial charge >= 0.3 is 0 Å². The standard InChI is InChI=1S/C13H27N3O/c1-11-5-4-8-16(10-11)12(2)9-15-13(17)6-3-7-14/h11-12H,3-10,14H2,1-2H3,(H,15,17). The van der Waals surface area contributed by atoms with Crippen molar-refractivity contribution in [1.29, 1.82) is 0 Å². The highest BCUT2D eigenvalue weighted by Gasteiger charge is 2.20. The summed E-state index contributed by atoms with van der Waals surface area (Å²) in [7, 11) is 0. The van der Waals surface area contributed by atoms with Crippen molar-refractivity contribution in [3.05, 3.63) is 0 Å². The van der Waals surface area contributed by atoms with Crippen LogP contribution in [0.2, 0.25) is 0 Å². The zero-order chi connectivity index (χ0) is 12.7. The van der Waals surface area contributed by atoms with E-state index < -0.39 is 0 Å². The van der Waals surface area contributed by atoms with Crippen molar-refractivity contribution in [2.45, 2.75) is 45.6 Å². The minimum absolute atomic E-state index is 0.132. The van der Waals surface area contributed by atoms with Crippen LogP contribution in [0.3, 0.4) is 0 Å². The molecule has 1 saturated heterocycles. The van der Waals surface area contributed by atoms with E-state index in [1.54, 1.807) is 0 Å². The molecule has 0 bridgehead atoms. The molecule has 0 aromatic carbocycles. The van der Waals surface area contributed by atoms with Gasteiger partial charge in [-0.2, -0.15) is 0 Å². The highest BCUT2D eigenvalue weighted by molar-refractivity contribution is 5.75. The molecule has 0 aromatic heterocycles. The second kappa shape index (κ2) is 7.67. The number of hydrogen-bond acceptors (Lipinski definition) is 3. The SMILES string of the molecule is CC1CCCN(C(C)CNC(=O)CCCN)C1. The summed E-state index contributed by atoms with van der Waals surface area (Å²) in [6, 6.07) is 0.444. The summed E-state index contributed by atoms with van der Waals surface area (Å²) in [5.41, 5.74) is 5.38. The molecular formula is C13H27N3O. The number of carbonyl (C=O) groups excluding carboxylic acids is 1. The number of nitrogens with one attached hydrogen (secondary N) is 1. The zero-order valence-electron chi connectivity index (χ0n) is 11.2. The van der Waals surface area contributed by atoms with Crippen LogP contribution in [0.4, 0.5) is 0 Å². The average Bonchev–Trinajstić information content (AvgIpc) is 2.33. The van der Waals surface area contributed by atoms with Crippen LogP contribution in [0.1, 0.15) is 39.5 Å². The summed E-state index contributed by atoms with van der Waals surface area (Å²) in [6.45, 7) is 8.19. The van der Waals surface area contributed by atoms with E-state index in [0.717, 1.165) is 18.9 Å². The Balaban J connectivity index is 2.19. The van der Waals surface area contributed by atoms with Gasteiger partial charge in [-0.05, 0) is 45.2 Å². The Morgan fingerprint density at radius 3 is 3.00 bits per heavy atom. The highest BCUT2D eigenvalue weighted by Crippen LogP contribution is 2.17. The first-order chi connectivity index (χ1) is 8.13. The molecule has 1 rings (SSSR count). The van der Waals surface area contributed by atoms with Crippen LogP contribution in [0.15, 0.2) is 0 Å². The lowest BCUT2D eigenvalue weighted by Gasteiger charge is -2.35. The molecule has 1 amide bonds. The molecule has 3 N–H and O–H groups in total. The third-order valence-corrected chi connectivity index (χ3v) is 3.51. The van der Waals surface area contributed by atoms with Gasteiger partial charge in [0.05, 0.1) is 0 Å². The van der Waals surface area contributed by atoms with E-state index in [0.29, 0.717) is 19.0 Å². The van der Waals surface area contributed by atoms with Gasteiger partial charge in [0.25, 0.3) is 0 Å². The van der Waals surface area contributed by atoms with Gasteiger partial charge in [0.1, 0.15) is 0 Å². The Labute approximate surface area is 105 Å². The van der Waals surface area contributed by atoms with Crippen LogP contribution in [-0.2, 0) is 4.79 Å². The number of hydrogen-bond donors (Lipinski definition) is 2. The van der Waals surface area contributed by atoms with Gasteiger partial charge < -0.3 is 11.1 Å². The van der Waals surface area contributed by atoms with Crippen molar-refractivity contribution in [3.63, 3.8) is 0 Å². The molecule has 4 nitrogen and oxygen atoms in total. The Morgan fingerprint density at radius 1 is 1.59 bits per heavy atom. The molecule has 0 aromatic rings. The number of amides is 1. The Hall–Kier alpha value is -0.610. The van der Waals surface area contributed by atoms with Crippen LogP contribution in [0.25, 0.3) is 0 Å². The zero-order valence-corrected chi connectivity index (χ0v) is 11.2. The maximum atomic E-state index is 11.5. The van der Waals surface area contributed by atoms with Gasteiger partial charge in [-0.1, -0.05) is 6.92 Å². The van der Waals surface area contributed by atoms with E-state index in [9.17, 15) is 4.79 Å². The fourth-order valence-electron chi connectivity index (χ4n) is 2.37. The summed E-state index contributed by atoms with van der Waals surface area (Å²) >= 11 is 0. The van der Waals surface area contributed by atoms with Crippen molar-refractivity contribution in [3.8, 4) is 0 Å². The van der Waals surface area contributed by atoms with Gasteiger partial charge in [-0.25, -0.2) is 0 Å². The number of rotatable bonds is 6. The van der Waals surface area contributed by atoms with Gasteiger partial charge in [0.2, 0.25) is 5.91 Å². The lowest BCUT2D eigenvalue weighted by Crippen LogP contribution is -2.46. The third kappa shape index (κ3) is 5.50. The molecule has 1 aliphatic rings. The molecule has 0 radical (unpaired) electrons. The topological polar surface area (TPSA) is 58.4 Å². The number of nitrogens with zero attached hydrogens (tertiary/aromatic N) is 1. The van der Waals surface area contributed by atoms with Crippen LogP contribution in [0, 0.1) is 5.92 Å². The van der Waals surface area contributed by atoms with E-state index in [2.05, 4.69) is 24.1 Å². The predicted molar refractivity (Wildman–Crippen MR) is 70.7 cm³/mol. The Kier molecular flexibility index (Phi) is 6.52. The first kappa shape index (κ1) is 14.5. The van der Waals surface area contributed by atoms with E-state index in [4.69, 9.17) is 5.73 Å². The molecule has 0 saturated carbocycles. The molecule has 1 fully saturated rings. The van der Waals surface area contributed by atoms with Crippen LogP contribution in [-0.4, -0.2) is 43.0 Å². The van der Waals surface area contributed by atoms with Gasteiger partial charge in [0, 0.05) is 25.6 Å². The Bertz CT molecular complexity index is 233. The van der Waals surface area contributed by atoms with Crippen molar-refractivity contribution in [2.24, 2.45) is 11.7 Å². The summed E-state index contributed by atoms with van der Waals surface area (Å²) in [5, 5.41) is 2.99. The minimum atomic E-state index is 0.132. The van der Waals surface area contributed by atoms with Gasteiger partial charge in [-0.15, -0.1) is 0 Å². The van der Waals surface area contributed by atoms with Crippen LogP contribution in [0.5, 0.6) is 0 Å². The number of piperidine rings is 1. The molecule has 2 unspecified atom stereocenters. The van der Waals surface area contributed by atoms with E-state index in [1.165, 1.54) is 25.9 Å². The second-order valence-corrected chi connectivity index (χ2v) is 5.29. The summed E-state index contributed by atoms with van der Waals surface area (Å²) in [6.07, 6.45) is 3.96. The quantitative estimate of drug-likeness (QED) is 0.728. The van der Waals surface area contributed by atoms with E-state index in [1.807, 2.05) is 0 Å². The van der Waals surface area contributed by atoms with Crippen LogP contribution < -0.4 is 11.1 Å². The molecule has 1 heterocycles. The number of nitrogens with two attached hydrogens (primary N) is 1. The van der Waals surface area contributed by atoms with Crippen molar-refractivity contribution >= 4 is 5.91 Å². The lowest BCUT2D eigenvalue weighted by molar-refractivity contribution is -0.121. The normalized spacial score (nSPS) is 23.4. The van der Waals surface area contributed by atoms with Crippen molar-refractivity contribution in [1.82, 2.24) is 10.2 Å². The molecule has 2 atom stereocenters.